The molecule has 0 amide bonds. The van der Waals surface area contributed by atoms with Crippen molar-refractivity contribution in [2.45, 2.75) is 44.7 Å². The molecular formula is C13H22ClN3. The van der Waals surface area contributed by atoms with Crippen molar-refractivity contribution in [3.8, 4) is 0 Å². The second-order valence-corrected chi connectivity index (χ2v) is 5.76. The van der Waals surface area contributed by atoms with Crippen LogP contribution in [0.1, 0.15) is 38.2 Å². The molecule has 17 heavy (non-hydrogen) atoms. The number of aryl methyl sites for hydroxylation is 1. The fourth-order valence-corrected chi connectivity index (χ4v) is 3.18. The number of aromatic nitrogens is 2. The minimum absolute atomic E-state index is 0.134. The molecule has 0 spiro atoms. The lowest BCUT2D eigenvalue weighted by atomic mass is 9.77. The first-order chi connectivity index (χ1) is 8.13. The zero-order chi connectivity index (χ0) is 12.3. The smallest absolute Gasteiger partial charge is 0.0534 e. The molecule has 2 rings (SSSR count). The SMILES string of the molecule is CC1CCCC(CCl)(NCc2cnn(C)c2)C1. The predicted molar refractivity (Wildman–Crippen MR) is 71.1 cm³/mol. The van der Waals surface area contributed by atoms with Crippen LogP contribution in [0.3, 0.4) is 0 Å². The van der Waals surface area contributed by atoms with Crippen LogP contribution in [0.25, 0.3) is 0 Å². The predicted octanol–water partition coefficient (Wildman–Crippen LogP) is 2.70. The third-order valence-electron chi connectivity index (χ3n) is 3.77. The highest BCUT2D eigenvalue weighted by molar-refractivity contribution is 6.18. The summed E-state index contributed by atoms with van der Waals surface area (Å²) in [7, 11) is 1.95. The van der Waals surface area contributed by atoms with Crippen LogP contribution in [-0.2, 0) is 13.6 Å². The number of halogens is 1. The van der Waals surface area contributed by atoms with Gasteiger partial charge in [0.2, 0.25) is 0 Å². The number of hydrogen-bond donors (Lipinski definition) is 1. The van der Waals surface area contributed by atoms with E-state index in [2.05, 4.69) is 23.5 Å². The Bertz CT molecular complexity index is 363. The van der Waals surface area contributed by atoms with Crippen LogP contribution in [-0.4, -0.2) is 21.2 Å². The third-order valence-corrected chi connectivity index (χ3v) is 4.28. The molecule has 3 nitrogen and oxygen atoms in total. The molecule has 1 saturated carbocycles. The second kappa shape index (κ2) is 5.40. The molecular weight excluding hydrogens is 234 g/mol. The van der Waals surface area contributed by atoms with E-state index in [-0.39, 0.29) is 5.54 Å². The first-order valence-corrected chi connectivity index (χ1v) is 6.95. The van der Waals surface area contributed by atoms with Gasteiger partial charge in [-0.3, -0.25) is 4.68 Å². The van der Waals surface area contributed by atoms with Gasteiger partial charge in [-0.25, -0.2) is 0 Å². The lowest BCUT2D eigenvalue weighted by molar-refractivity contribution is 0.207. The lowest BCUT2D eigenvalue weighted by Gasteiger charge is -2.39. The van der Waals surface area contributed by atoms with Crippen molar-refractivity contribution in [3.63, 3.8) is 0 Å². The highest BCUT2D eigenvalue weighted by atomic mass is 35.5. The van der Waals surface area contributed by atoms with Gasteiger partial charge in [0, 0.05) is 36.8 Å². The van der Waals surface area contributed by atoms with Gasteiger partial charge in [0.1, 0.15) is 0 Å². The first kappa shape index (κ1) is 12.9. The molecule has 2 unspecified atom stereocenters. The molecule has 1 aliphatic rings. The Morgan fingerprint density at radius 2 is 2.47 bits per heavy atom. The molecule has 2 atom stereocenters. The summed E-state index contributed by atoms with van der Waals surface area (Å²) in [6, 6.07) is 0. The summed E-state index contributed by atoms with van der Waals surface area (Å²) >= 11 is 6.19. The molecule has 1 heterocycles. The number of hydrogen-bond acceptors (Lipinski definition) is 2. The summed E-state index contributed by atoms with van der Waals surface area (Å²) in [5, 5.41) is 7.85. The topological polar surface area (TPSA) is 29.9 Å². The average Bonchev–Trinajstić information content (AvgIpc) is 2.73. The quantitative estimate of drug-likeness (QED) is 0.839. The van der Waals surface area contributed by atoms with Gasteiger partial charge in [-0.1, -0.05) is 19.8 Å². The Morgan fingerprint density at radius 1 is 1.65 bits per heavy atom. The van der Waals surface area contributed by atoms with Gasteiger partial charge in [0.15, 0.2) is 0 Å². The van der Waals surface area contributed by atoms with Crippen molar-refractivity contribution >= 4 is 11.6 Å². The van der Waals surface area contributed by atoms with E-state index in [0.717, 1.165) is 12.5 Å². The minimum atomic E-state index is 0.134. The fourth-order valence-electron chi connectivity index (χ4n) is 2.84. The van der Waals surface area contributed by atoms with Crippen molar-refractivity contribution in [1.29, 1.82) is 0 Å². The Morgan fingerprint density at radius 3 is 3.06 bits per heavy atom. The molecule has 1 fully saturated rings. The molecule has 0 bridgehead atoms. The van der Waals surface area contributed by atoms with E-state index in [1.165, 1.54) is 31.2 Å². The molecule has 0 saturated heterocycles. The fraction of sp³-hybridized carbons (Fsp3) is 0.769. The van der Waals surface area contributed by atoms with E-state index < -0.39 is 0 Å². The molecule has 1 aromatic rings. The Hall–Kier alpha value is -0.540. The van der Waals surface area contributed by atoms with Gasteiger partial charge < -0.3 is 5.32 Å². The second-order valence-electron chi connectivity index (χ2n) is 5.49. The number of nitrogens with one attached hydrogen (secondary N) is 1. The number of alkyl halides is 1. The van der Waals surface area contributed by atoms with Gasteiger partial charge in [0.05, 0.1) is 6.20 Å². The Balaban J connectivity index is 1.94. The highest BCUT2D eigenvalue weighted by Gasteiger charge is 2.33. The van der Waals surface area contributed by atoms with Crippen molar-refractivity contribution < 1.29 is 0 Å². The molecule has 1 N–H and O–H groups in total. The van der Waals surface area contributed by atoms with E-state index >= 15 is 0 Å². The summed E-state index contributed by atoms with van der Waals surface area (Å²) in [6.07, 6.45) is 8.99. The number of nitrogens with zero attached hydrogens (tertiary/aromatic N) is 2. The van der Waals surface area contributed by atoms with E-state index in [4.69, 9.17) is 11.6 Å². The van der Waals surface area contributed by atoms with Gasteiger partial charge in [0.25, 0.3) is 0 Å². The standard InChI is InChI=1S/C13H22ClN3/c1-11-4-3-5-13(6-11,10-14)15-7-12-8-16-17(2)9-12/h8-9,11,15H,3-7,10H2,1-2H3. The largest absolute Gasteiger partial charge is 0.306 e. The van der Waals surface area contributed by atoms with Crippen LogP contribution >= 0.6 is 11.6 Å². The molecule has 96 valence electrons. The van der Waals surface area contributed by atoms with Gasteiger partial charge >= 0.3 is 0 Å². The summed E-state index contributed by atoms with van der Waals surface area (Å²) in [6.45, 7) is 3.19. The molecule has 1 aromatic heterocycles. The highest BCUT2D eigenvalue weighted by Crippen LogP contribution is 2.33. The summed E-state index contributed by atoms with van der Waals surface area (Å²) in [5.41, 5.74) is 1.37. The molecule has 4 heteroatoms. The van der Waals surface area contributed by atoms with Gasteiger partial charge in [-0.15, -0.1) is 11.6 Å². The molecule has 0 aliphatic heterocycles. The molecule has 0 radical (unpaired) electrons. The zero-order valence-electron chi connectivity index (χ0n) is 10.7. The van der Waals surface area contributed by atoms with Gasteiger partial charge in [-0.05, 0) is 18.8 Å². The van der Waals surface area contributed by atoms with Crippen LogP contribution in [0.4, 0.5) is 0 Å². The monoisotopic (exact) mass is 255 g/mol. The minimum Gasteiger partial charge on any atom is -0.306 e. The lowest BCUT2D eigenvalue weighted by Crippen LogP contribution is -2.49. The van der Waals surface area contributed by atoms with E-state index in [0.29, 0.717) is 5.88 Å². The van der Waals surface area contributed by atoms with E-state index in [9.17, 15) is 0 Å². The van der Waals surface area contributed by atoms with Crippen LogP contribution in [0.5, 0.6) is 0 Å². The Labute approximate surface area is 109 Å². The Kier molecular flexibility index (Phi) is 4.10. The maximum absolute atomic E-state index is 6.19. The summed E-state index contributed by atoms with van der Waals surface area (Å²) in [4.78, 5) is 0. The average molecular weight is 256 g/mol. The van der Waals surface area contributed by atoms with Crippen LogP contribution in [0.2, 0.25) is 0 Å². The van der Waals surface area contributed by atoms with Crippen LogP contribution < -0.4 is 5.32 Å². The van der Waals surface area contributed by atoms with Crippen LogP contribution in [0, 0.1) is 5.92 Å². The van der Waals surface area contributed by atoms with Crippen molar-refractivity contribution in [3.05, 3.63) is 18.0 Å². The van der Waals surface area contributed by atoms with Gasteiger partial charge in [-0.2, -0.15) is 5.10 Å². The van der Waals surface area contributed by atoms with Crippen molar-refractivity contribution in [2.24, 2.45) is 13.0 Å². The maximum atomic E-state index is 6.19. The number of rotatable bonds is 4. The first-order valence-electron chi connectivity index (χ1n) is 6.42. The van der Waals surface area contributed by atoms with Crippen molar-refractivity contribution in [2.75, 3.05) is 5.88 Å². The zero-order valence-corrected chi connectivity index (χ0v) is 11.5. The van der Waals surface area contributed by atoms with Crippen molar-refractivity contribution in [1.82, 2.24) is 15.1 Å². The molecule has 0 aromatic carbocycles. The maximum Gasteiger partial charge on any atom is 0.0534 e. The van der Waals surface area contributed by atoms with Crippen LogP contribution in [0.15, 0.2) is 12.4 Å². The third kappa shape index (κ3) is 3.23. The van der Waals surface area contributed by atoms with E-state index in [1.54, 1.807) is 0 Å². The molecule has 1 aliphatic carbocycles. The summed E-state index contributed by atoms with van der Waals surface area (Å²) in [5.74, 6) is 1.49. The summed E-state index contributed by atoms with van der Waals surface area (Å²) < 4.78 is 1.84. The van der Waals surface area contributed by atoms with E-state index in [1.807, 2.05) is 17.9 Å². The normalized spacial score (nSPS) is 29.5.